The summed E-state index contributed by atoms with van der Waals surface area (Å²) in [6, 6.07) is 0. The molecule has 0 atom stereocenters. The first-order chi connectivity index (χ1) is 5.35. The minimum atomic E-state index is 0.417. The largest absolute Gasteiger partial charge is 0.468 e. The van der Waals surface area contributed by atoms with Gasteiger partial charge in [0.2, 0.25) is 0 Å². The summed E-state index contributed by atoms with van der Waals surface area (Å²) in [6.07, 6.45) is 3.86. The van der Waals surface area contributed by atoms with Crippen LogP contribution in [-0.2, 0) is 9.53 Å². The monoisotopic (exact) mass is 160 g/mol. The van der Waals surface area contributed by atoms with Crippen LogP contribution in [0.2, 0.25) is 0 Å². The number of aliphatic hydroxyl groups is 1. The average molecular weight is 160 g/mol. The molecular weight excluding hydrogens is 144 g/mol. The summed E-state index contributed by atoms with van der Waals surface area (Å²) < 4.78 is 4.15. The van der Waals surface area contributed by atoms with Crippen LogP contribution >= 0.6 is 0 Å². The van der Waals surface area contributed by atoms with Gasteiger partial charge in [-0.15, -0.1) is 0 Å². The van der Waals surface area contributed by atoms with Gasteiger partial charge in [-0.2, -0.15) is 0 Å². The number of hydrogen-bond acceptors (Lipinski definition) is 3. The van der Waals surface area contributed by atoms with Crippen molar-refractivity contribution in [3.63, 3.8) is 0 Å². The van der Waals surface area contributed by atoms with Crippen LogP contribution in [0.1, 0.15) is 26.2 Å². The second-order valence-corrected chi connectivity index (χ2v) is 2.53. The first-order valence-electron chi connectivity index (χ1n) is 4.01. The molecule has 0 aliphatic heterocycles. The van der Waals surface area contributed by atoms with E-state index < -0.39 is 0 Å². The molecule has 3 heteroatoms. The quantitative estimate of drug-likeness (QED) is 0.625. The molecule has 0 aromatic carbocycles. The highest BCUT2D eigenvalue weighted by Crippen LogP contribution is 2.24. The normalized spacial score (nSPS) is 15.8. The van der Waals surface area contributed by atoms with E-state index in [2.05, 4.69) is 4.74 Å². The molecule has 1 aliphatic carbocycles. The number of ether oxygens (including phenoxy) is 1. The van der Waals surface area contributed by atoms with Crippen molar-refractivity contribution in [2.75, 3.05) is 13.2 Å². The highest BCUT2D eigenvalue weighted by atomic mass is 16.5. The molecule has 0 spiro atoms. The summed E-state index contributed by atoms with van der Waals surface area (Å²) in [5, 5.41) is 8.39. The van der Waals surface area contributed by atoms with Crippen molar-refractivity contribution in [3.8, 4) is 0 Å². The SMILES string of the molecule is CCOC=O.OCC1CCC1. The molecule has 1 saturated carbocycles. The lowest BCUT2D eigenvalue weighted by molar-refractivity contribution is -0.128. The van der Waals surface area contributed by atoms with Crippen molar-refractivity contribution in [1.82, 2.24) is 0 Å². The van der Waals surface area contributed by atoms with E-state index in [-0.39, 0.29) is 0 Å². The Bertz CT molecular complexity index is 86.6. The van der Waals surface area contributed by atoms with Gasteiger partial charge in [-0.1, -0.05) is 6.42 Å². The Balaban J connectivity index is 0.000000187. The zero-order chi connectivity index (χ0) is 8.53. The molecule has 1 rings (SSSR count). The number of carbonyl (C=O) groups excluding carboxylic acids is 1. The van der Waals surface area contributed by atoms with Crippen LogP contribution in [0.25, 0.3) is 0 Å². The van der Waals surface area contributed by atoms with Gasteiger partial charge >= 0.3 is 0 Å². The smallest absolute Gasteiger partial charge is 0.293 e. The lowest BCUT2D eigenvalue weighted by atomic mass is 9.86. The standard InChI is InChI=1S/C5H10O.C3H6O2/c6-4-5-2-1-3-5;1-2-5-3-4/h5-6H,1-4H2;3H,2H2,1H3. The molecule has 1 N–H and O–H groups in total. The van der Waals surface area contributed by atoms with Gasteiger partial charge in [0.15, 0.2) is 0 Å². The predicted octanol–water partition coefficient (Wildman–Crippen LogP) is 0.958. The Hall–Kier alpha value is -0.570. The van der Waals surface area contributed by atoms with E-state index >= 15 is 0 Å². The van der Waals surface area contributed by atoms with Crippen molar-refractivity contribution in [2.45, 2.75) is 26.2 Å². The highest BCUT2D eigenvalue weighted by molar-refractivity contribution is 5.36. The fourth-order valence-corrected chi connectivity index (χ4v) is 0.743. The van der Waals surface area contributed by atoms with E-state index in [9.17, 15) is 4.79 Å². The molecule has 0 saturated heterocycles. The lowest BCUT2D eigenvalue weighted by Gasteiger charge is -2.21. The van der Waals surface area contributed by atoms with Crippen LogP contribution < -0.4 is 0 Å². The topological polar surface area (TPSA) is 46.5 Å². The van der Waals surface area contributed by atoms with Gasteiger partial charge in [0.1, 0.15) is 0 Å². The number of hydrogen-bond donors (Lipinski definition) is 1. The highest BCUT2D eigenvalue weighted by Gasteiger charge is 2.14. The Kier molecular flexibility index (Phi) is 7.15. The van der Waals surface area contributed by atoms with Crippen molar-refractivity contribution < 1.29 is 14.6 Å². The van der Waals surface area contributed by atoms with Crippen LogP contribution in [0.4, 0.5) is 0 Å². The fraction of sp³-hybridized carbons (Fsp3) is 0.875. The number of aliphatic hydroxyl groups excluding tert-OH is 1. The minimum absolute atomic E-state index is 0.417. The maximum atomic E-state index is 9.18. The van der Waals surface area contributed by atoms with Crippen LogP contribution in [-0.4, -0.2) is 24.8 Å². The Morgan fingerprint density at radius 1 is 1.64 bits per heavy atom. The molecule has 0 aromatic heterocycles. The van der Waals surface area contributed by atoms with Gasteiger partial charge in [-0.05, 0) is 25.7 Å². The summed E-state index contributed by atoms with van der Waals surface area (Å²) in [6.45, 7) is 3.08. The Labute approximate surface area is 67.4 Å². The van der Waals surface area contributed by atoms with Crippen molar-refractivity contribution in [2.24, 2.45) is 5.92 Å². The first kappa shape index (κ1) is 10.4. The molecule has 0 bridgehead atoms. The molecule has 0 radical (unpaired) electrons. The average Bonchev–Trinajstić information content (AvgIpc) is 1.88. The van der Waals surface area contributed by atoms with Crippen LogP contribution in [0.15, 0.2) is 0 Å². The summed E-state index contributed by atoms with van der Waals surface area (Å²) in [4.78, 5) is 9.18. The van der Waals surface area contributed by atoms with E-state index in [0.717, 1.165) is 0 Å². The third-order valence-electron chi connectivity index (χ3n) is 1.72. The molecule has 1 aliphatic rings. The van der Waals surface area contributed by atoms with E-state index in [1.165, 1.54) is 19.3 Å². The van der Waals surface area contributed by atoms with Crippen molar-refractivity contribution in [1.29, 1.82) is 0 Å². The first-order valence-corrected chi connectivity index (χ1v) is 4.01. The van der Waals surface area contributed by atoms with Crippen LogP contribution in [0, 0.1) is 5.92 Å². The van der Waals surface area contributed by atoms with Gasteiger partial charge in [-0.25, -0.2) is 0 Å². The Morgan fingerprint density at radius 2 is 2.27 bits per heavy atom. The molecule has 0 unspecified atom stereocenters. The van der Waals surface area contributed by atoms with Gasteiger partial charge in [0, 0.05) is 6.61 Å². The summed E-state index contributed by atoms with van der Waals surface area (Å²) in [5.41, 5.74) is 0. The molecule has 1 fully saturated rings. The van der Waals surface area contributed by atoms with Crippen LogP contribution in [0.3, 0.4) is 0 Å². The number of carbonyl (C=O) groups is 1. The van der Waals surface area contributed by atoms with Crippen LogP contribution in [0.5, 0.6) is 0 Å². The molecule has 0 heterocycles. The molecular formula is C8H16O3. The molecule has 11 heavy (non-hydrogen) atoms. The molecule has 66 valence electrons. The van der Waals surface area contributed by atoms with E-state index in [0.29, 0.717) is 25.6 Å². The number of rotatable bonds is 3. The van der Waals surface area contributed by atoms with E-state index in [1.807, 2.05) is 0 Å². The molecule has 3 nitrogen and oxygen atoms in total. The maximum Gasteiger partial charge on any atom is 0.293 e. The van der Waals surface area contributed by atoms with E-state index in [4.69, 9.17) is 5.11 Å². The zero-order valence-electron chi connectivity index (χ0n) is 6.95. The Morgan fingerprint density at radius 3 is 2.27 bits per heavy atom. The van der Waals surface area contributed by atoms with E-state index in [1.54, 1.807) is 6.92 Å². The predicted molar refractivity (Wildman–Crippen MR) is 42.1 cm³/mol. The summed E-state index contributed by atoms with van der Waals surface area (Å²) >= 11 is 0. The fourth-order valence-electron chi connectivity index (χ4n) is 0.743. The zero-order valence-corrected chi connectivity index (χ0v) is 6.95. The van der Waals surface area contributed by atoms with Crippen molar-refractivity contribution >= 4 is 6.47 Å². The lowest BCUT2D eigenvalue weighted by Crippen LogP contribution is -2.14. The van der Waals surface area contributed by atoms with Crippen molar-refractivity contribution in [3.05, 3.63) is 0 Å². The minimum Gasteiger partial charge on any atom is -0.468 e. The second-order valence-electron chi connectivity index (χ2n) is 2.53. The summed E-state index contributed by atoms with van der Waals surface area (Å²) in [7, 11) is 0. The second kappa shape index (κ2) is 7.54. The summed E-state index contributed by atoms with van der Waals surface area (Å²) in [5.74, 6) is 0.671. The molecule has 0 amide bonds. The third-order valence-corrected chi connectivity index (χ3v) is 1.72. The van der Waals surface area contributed by atoms with Gasteiger partial charge in [-0.3, -0.25) is 4.79 Å². The third kappa shape index (κ3) is 5.85. The van der Waals surface area contributed by atoms with Gasteiger partial charge < -0.3 is 9.84 Å². The van der Waals surface area contributed by atoms with Gasteiger partial charge in [0.25, 0.3) is 6.47 Å². The molecule has 0 aromatic rings. The van der Waals surface area contributed by atoms with Gasteiger partial charge in [0.05, 0.1) is 6.61 Å². The maximum absolute atomic E-state index is 9.18.